The van der Waals surface area contributed by atoms with E-state index in [-0.39, 0.29) is 22.9 Å². The predicted molar refractivity (Wildman–Crippen MR) is 101 cm³/mol. The van der Waals surface area contributed by atoms with Gasteiger partial charge in [0.25, 0.3) is 0 Å². The van der Waals surface area contributed by atoms with E-state index in [0.29, 0.717) is 22.4 Å². The third-order valence-corrected chi connectivity index (χ3v) is 4.84. The van der Waals surface area contributed by atoms with Gasteiger partial charge in [0.15, 0.2) is 11.0 Å². The molecule has 0 unspecified atom stereocenters. The Labute approximate surface area is 160 Å². The van der Waals surface area contributed by atoms with Gasteiger partial charge in [-0.25, -0.2) is 4.39 Å². The van der Waals surface area contributed by atoms with Gasteiger partial charge in [-0.1, -0.05) is 49.8 Å². The minimum Gasteiger partial charge on any atom is -0.338 e. The van der Waals surface area contributed by atoms with Crippen molar-refractivity contribution in [3.05, 3.63) is 41.8 Å². The monoisotopic (exact) mass is 389 g/mol. The Bertz CT molecular complexity index is 961. The first-order valence-electron chi connectivity index (χ1n) is 8.30. The normalized spacial score (nSPS) is 11.6. The van der Waals surface area contributed by atoms with Crippen molar-refractivity contribution in [2.24, 2.45) is 7.05 Å². The van der Waals surface area contributed by atoms with Gasteiger partial charge in [-0.3, -0.25) is 10.1 Å². The maximum Gasteiger partial charge on any atom is 0.237 e. The van der Waals surface area contributed by atoms with Crippen LogP contribution < -0.4 is 5.32 Å². The number of nitrogens with one attached hydrogen (secondary N) is 1. The summed E-state index contributed by atoms with van der Waals surface area (Å²) in [6, 6.07) is 8.06. The van der Waals surface area contributed by atoms with Crippen molar-refractivity contribution in [1.82, 2.24) is 19.9 Å². The number of thioether (sulfide) groups is 1. The molecule has 27 heavy (non-hydrogen) atoms. The minimum atomic E-state index is -0.373. The van der Waals surface area contributed by atoms with E-state index >= 15 is 0 Å². The molecular formula is C18H20FN5O2S. The van der Waals surface area contributed by atoms with Gasteiger partial charge in [0.1, 0.15) is 5.82 Å². The standard InChI is InChI=1S/C18H20FN5O2S/c1-18(2,3)13-9-15(26-23-13)20-14(25)10-27-17-22-21-16(24(17)4)11-7-5-6-8-12(11)19/h5-9H,10H2,1-4H3,(H,20,25). The Morgan fingerprint density at radius 1 is 1.30 bits per heavy atom. The van der Waals surface area contributed by atoms with Crippen LogP contribution in [0.15, 0.2) is 40.0 Å². The molecule has 0 radical (unpaired) electrons. The van der Waals surface area contributed by atoms with E-state index in [1.165, 1.54) is 17.8 Å². The van der Waals surface area contributed by atoms with Crippen LogP contribution in [-0.4, -0.2) is 31.6 Å². The third-order valence-electron chi connectivity index (χ3n) is 3.82. The predicted octanol–water partition coefficient (Wildman–Crippen LogP) is 3.64. The lowest BCUT2D eigenvalue weighted by molar-refractivity contribution is -0.113. The first-order valence-corrected chi connectivity index (χ1v) is 9.28. The smallest absolute Gasteiger partial charge is 0.237 e. The number of anilines is 1. The van der Waals surface area contributed by atoms with E-state index in [1.807, 2.05) is 20.8 Å². The van der Waals surface area contributed by atoms with Gasteiger partial charge in [-0.05, 0) is 12.1 Å². The quantitative estimate of drug-likeness (QED) is 0.671. The van der Waals surface area contributed by atoms with Crippen LogP contribution in [0.5, 0.6) is 0 Å². The second-order valence-electron chi connectivity index (χ2n) is 7.01. The number of amides is 1. The average Bonchev–Trinajstić information content (AvgIpc) is 3.20. The Balaban J connectivity index is 1.63. The second kappa shape index (κ2) is 7.51. The molecule has 3 rings (SSSR count). The highest BCUT2D eigenvalue weighted by Crippen LogP contribution is 2.26. The summed E-state index contributed by atoms with van der Waals surface area (Å²) >= 11 is 1.20. The molecule has 0 atom stereocenters. The summed E-state index contributed by atoms with van der Waals surface area (Å²) in [5, 5.41) is 15.2. The van der Waals surface area contributed by atoms with Crippen molar-refractivity contribution in [2.75, 3.05) is 11.1 Å². The van der Waals surface area contributed by atoms with Crippen LogP contribution in [-0.2, 0) is 17.3 Å². The molecule has 1 aromatic carbocycles. The fraction of sp³-hybridized carbons (Fsp3) is 0.333. The molecule has 3 aromatic rings. The lowest BCUT2D eigenvalue weighted by Crippen LogP contribution is -2.14. The van der Waals surface area contributed by atoms with Gasteiger partial charge in [0.2, 0.25) is 11.8 Å². The Hall–Kier alpha value is -2.68. The first-order chi connectivity index (χ1) is 12.8. The number of rotatable bonds is 5. The highest BCUT2D eigenvalue weighted by atomic mass is 32.2. The molecule has 0 saturated carbocycles. The number of hydrogen-bond donors (Lipinski definition) is 1. The Kier molecular flexibility index (Phi) is 5.31. The maximum atomic E-state index is 13.9. The number of aromatic nitrogens is 4. The molecule has 0 aliphatic rings. The molecule has 0 spiro atoms. The largest absolute Gasteiger partial charge is 0.338 e. The Morgan fingerprint density at radius 2 is 2.04 bits per heavy atom. The van der Waals surface area contributed by atoms with Gasteiger partial charge in [0, 0.05) is 18.5 Å². The van der Waals surface area contributed by atoms with Crippen molar-refractivity contribution >= 4 is 23.6 Å². The van der Waals surface area contributed by atoms with E-state index in [2.05, 4.69) is 20.7 Å². The molecule has 1 amide bonds. The molecule has 7 nitrogen and oxygen atoms in total. The molecule has 9 heteroatoms. The lowest BCUT2D eigenvalue weighted by Gasteiger charge is -2.12. The van der Waals surface area contributed by atoms with Gasteiger partial charge in [0.05, 0.1) is 17.0 Å². The van der Waals surface area contributed by atoms with E-state index in [0.717, 1.165) is 5.69 Å². The van der Waals surface area contributed by atoms with Crippen LogP contribution >= 0.6 is 11.8 Å². The lowest BCUT2D eigenvalue weighted by atomic mass is 9.92. The molecule has 0 saturated heterocycles. The average molecular weight is 389 g/mol. The fourth-order valence-corrected chi connectivity index (χ4v) is 3.02. The zero-order chi connectivity index (χ0) is 19.6. The highest BCUT2D eigenvalue weighted by molar-refractivity contribution is 7.99. The van der Waals surface area contributed by atoms with Crippen LogP contribution in [0.4, 0.5) is 10.3 Å². The van der Waals surface area contributed by atoms with E-state index < -0.39 is 0 Å². The van der Waals surface area contributed by atoms with Gasteiger partial charge in [-0.2, -0.15) is 0 Å². The van der Waals surface area contributed by atoms with Crippen LogP contribution in [0.3, 0.4) is 0 Å². The SMILES string of the molecule is Cn1c(SCC(=O)Nc2cc(C(C)(C)C)no2)nnc1-c1ccccc1F. The fourth-order valence-electron chi connectivity index (χ4n) is 2.31. The van der Waals surface area contributed by atoms with Crippen LogP contribution in [0.2, 0.25) is 0 Å². The number of carbonyl (C=O) groups excluding carboxylic acids is 1. The second-order valence-corrected chi connectivity index (χ2v) is 7.95. The van der Waals surface area contributed by atoms with Crippen LogP contribution in [0.1, 0.15) is 26.5 Å². The summed E-state index contributed by atoms with van der Waals surface area (Å²) in [6.45, 7) is 6.02. The van der Waals surface area contributed by atoms with E-state index in [4.69, 9.17) is 4.52 Å². The zero-order valence-electron chi connectivity index (χ0n) is 15.5. The minimum absolute atomic E-state index is 0.106. The topological polar surface area (TPSA) is 85.8 Å². The van der Waals surface area contributed by atoms with Crippen molar-refractivity contribution in [2.45, 2.75) is 31.3 Å². The summed E-state index contributed by atoms with van der Waals surface area (Å²) < 4.78 is 20.7. The maximum absolute atomic E-state index is 13.9. The van der Waals surface area contributed by atoms with Crippen molar-refractivity contribution in [1.29, 1.82) is 0 Å². The summed E-state index contributed by atoms with van der Waals surface area (Å²) in [5.74, 6) is 0.181. The number of halogens is 1. The van der Waals surface area contributed by atoms with Gasteiger partial charge in [-0.15, -0.1) is 10.2 Å². The molecule has 2 heterocycles. The summed E-state index contributed by atoms with van der Waals surface area (Å²) in [5.41, 5.74) is 0.955. The molecule has 142 valence electrons. The number of benzene rings is 1. The van der Waals surface area contributed by atoms with Crippen LogP contribution in [0.25, 0.3) is 11.4 Å². The molecular weight excluding hydrogens is 369 g/mol. The van der Waals surface area contributed by atoms with E-state index in [9.17, 15) is 9.18 Å². The number of hydrogen-bond acceptors (Lipinski definition) is 6. The number of nitrogens with zero attached hydrogens (tertiary/aromatic N) is 4. The molecule has 1 N–H and O–H groups in total. The molecule has 0 bridgehead atoms. The summed E-state index contributed by atoms with van der Waals surface area (Å²) in [7, 11) is 1.73. The third kappa shape index (κ3) is 4.36. The molecule has 0 aliphatic heterocycles. The van der Waals surface area contributed by atoms with Crippen molar-refractivity contribution in [3.63, 3.8) is 0 Å². The Morgan fingerprint density at radius 3 is 2.70 bits per heavy atom. The molecule has 0 aliphatic carbocycles. The number of carbonyl (C=O) groups is 1. The summed E-state index contributed by atoms with van der Waals surface area (Å²) in [4.78, 5) is 12.1. The molecule has 0 fully saturated rings. The van der Waals surface area contributed by atoms with Gasteiger partial charge >= 0.3 is 0 Å². The van der Waals surface area contributed by atoms with E-state index in [1.54, 1.807) is 35.9 Å². The molecule has 2 aromatic heterocycles. The van der Waals surface area contributed by atoms with Gasteiger partial charge < -0.3 is 9.09 Å². The van der Waals surface area contributed by atoms with Crippen molar-refractivity contribution in [3.8, 4) is 11.4 Å². The zero-order valence-corrected chi connectivity index (χ0v) is 16.3. The summed E-state index contributed by atoms with van der Waals surface area (Å²) in [6.07, 6.45) is 0. The highest BCUT2D eigenvalue weighted by Gasteiger charge is 2.20. The van der Waals surface area contributed by atoms with Crippen molar-refractivity contribution < 1.29 is 13.7 Å². The van der Waals surface area contributed by atoms with Crippen LogP contribution in [0, 0.1) is 5.82 Å². The first kappa shape index (κ1) is 19.1.